The maximum Gasteiger partial charge on any atom is 0.435 e. The van der Waals surface area contributed by atoms with Crippen LogP contribution >= 0.6 is 0 Å². The smallest absolute Gasteiger partial charge is 0.371 e. The molecular formula is C15H16N2O3. The molecule has 0 aliphatic heterocycles. The maximum atomic E-state index is 11.6. The zero-order chi connectivity index (χ0) is 13.9. The van der Waals surface area contributed by atoms with E-state index in [0.717, 1.165) is 24.5 Å². The van der Waals surface area contributed by atoms with Crippen LogP contribution in [0.4, 0.5) is 4.79 Å². The molecule has 1 amide bonds. The lowest BCUT2D eigenvalue weighted by Gasteiger charge is -2.11. The summed E-state index contributed by atoms with van der Waals surface area (Å²) in [6, 6.07) is 8.40. The zero-order valence-corrected chi connectivity index (χ0v) is 11.0. The van der Waals surface area contributed by atoms with Gasteiger partial charge in [-0.1, -0.05) is 18.2 Å². The highest BCUT2D eigenvalue weighted by Crippen LogP contribution is 2.42. The van der Waals surface area contributed by atoms with Crippen LogP contribution in [0.3, 0.4) is 0 Å². The number of hydrogen-bond acceptors (Lipinski definition) is 4. The Morgan fingerprint density at radius 1 is 1.20 bits per heavy atom. The summed E-state index contributed by atoms with van der Waals surface area (Å²) >= 11 is 0. The Labute approximate surface area is 117 Å². The van der Waals surface area contributed by atoms with Crippen LogP contribution in [0.2, 0.25) is 0 Å². The lowest BCUT2D eigenvalue weighted by atomic mass is 9.99. The first-order valence-electron chi connectivity index (χ1n) is 6.86. The highest BCUT2D eigenvalue weighted by molar-refractivity contribution is 5.97. The predicted molar refractivity (Wildman–Crippen MR) is 73.3 cm³/mol. The summed E-state index contributed by atoms with van der Waals surface area (Å²) in [4.78, 5) is 23.2. The lowest BCUT2D eigenvalue weighted by molar-refractivity contribution is 0.0623. The molecule has 0 heterocycles. The Morgan fingerprint density at radius 3 is 2.65 bits per heavy atom. The number of hydrazone groups is 1. The topological polar surface area (TPSA) is 67.8 Å². The van der Waals surface area contributed by atoms with Gasteiger partial charge in [0.25, 0.3) is 0 Å². The van der Waals surface area contributed by atoms with E-state index in [4.69, 9.17) is 0 Å². The molecule has 3 rings (SSSR count). The molecule has 1 aromatic rings. The van der Waals surface area contributed by atoms with E-state index in [1.807, 2.05) is 0 Å². The van der Waals surface area contributed by atoms with E-state index >= 15 is 0 Å². The van der Waals surface area contributed by atoms with Crippen LogP contribution in [-0.2, 0) is 4.74 Å². The Bertz CT molecular complexity index is 553. The molecule has 104 valence electrons. The number of rotatable bonds is 2. The van der Waals surface area contributed by atoms with Crippen molar-refractivity contribution in [2.45, 2.75) is 25.7 Å². The van der Waals surface area contributed by atoms with Gasteiger partial charge in [0, 0.05) is 5.71 Å². The monoisotopic (exact) mass is 272 g/mol. The van der Waals surface area contributed by atoms with Crippen molar-refractivity contribution < 1.29 is 14.3 Å². The van der Waals surface area contributed by atoms with Gasteiger partial charge in [0.1, 0.15) is 0 Å². The SMILES string of the molecule is O=C(N/N=C1/CC2CCC1C2)OC(=O)c1ccccc1. The van der Waals surface area contributed by atoms with Crippen molar-refractivity contribution in [3.63, 3.8) is 0 Å². The molecule has 5 heteroatoms. The predicted octanol–water partition coefficient (Wildman–Crippen LogP) is 2.73. The highest BCUT2D eigenvalue weighted by Gasteiger charge is 2.36. The fourth-order valence-electron chi connectivity index (χ4n) is 3.02. The third-order valence-corrected chi connectivity index (χ3v) is 4.00. The molecule has 0 aromatic heterocycles. The number of benzene rings is 1. The van der Waals surface area contributed by atoms with Gasteiger partial charge in [0.15, 0.2) is 0 Å². The third-order valence-electron chi connectivity index (χ3n) is 4.00. The summed E-state index contributed by atoms with van der Waals surface area (Å²) in [5.41, 5.74) is 3.69. The third kappa shape index (κ3) is 2.71. The molecule has 20 heavy (non-hydrogen) atoms. The first kappa shape index (κ1) is 12.8. The summed E-state index contributed by atoms with van der Waals surface area (Å²) in [5.74, 6) is 0.559. The number of carbonyl (C=O) groups excluding carboxylic acids is 2. The van der Waals surface area contributed by atoms with Crippen LogP contribution in [0, 0.1) is 11.8 Å². The molecule has 2 unspecified atom stereocenters. The maximum absolute atomic E-state index is 11.6. The largest absolute Gasteiger partial charge is 0.435 e. The summed E-state index contributed by atoms with van der Waals surface area (Å²) in [6.45, 7) is 0. The second-order valence-electron chi connectivity index (χ2n) is 5.34. The summed E-state index contributed by atoms with van der Waals surface area (Å²) in [7, 11) is 0. The van der Waals surface area contributed by atoms with Crippen molar-refractivity contribution in [2.24, 2.45) is 16.9 Å². The fourth-order valence-corrected chi connectivity index (χ4v) is 3.02. The Morgan fingerprint density at radius 2 is 2.00 bits per heavy atom. The lowest BCUT2D eigenvalue weighted by Crippen LogP contribution is -2.25. The Kier molecular flexibility index (Phi) is 3.50. The number of carbonyl (C=O) groups is 2. The van der Waals surface area contributed by atoms with Crippen LogP contribution in [0.15, 0.2) is 35.4 Å². The van der Waals surface area contributed by atoms with E-state index in [2.05, 4.69) is 15.3 Å². The van der Waals surface area contributed by atoms with Gasteiger partial charge in [-0.2, -0.15) is 5.10 Å². The van der Waals surface area contributed by atoms with Gasteiger partial charge in [-0.25, -0.2) is 15.0 Å². The molecule has 2 aliphatic rings. The van der Waals surface area contributed by atoms with Crippen LogP contribution in [-0.4, -0.2) is 17.8 Å². The van der Waals surface area contributed by atoms with Gasteiger partial charge in [-0.05, 0) is 49.7 Å². The van der Waals surface area contributed by atoms with Gasteiger partial charge in [0.2, 0.25) is 0 Å². The summed E-state index contributed by atoms with van der Waals surface area (Å²) < 4.78 is 4.68. The van der Waals surface area contributed by atoms with E-state index in [0.29, 0.717) is 11.5 Å². The number of amides is 1. The van der Waals surface area contributed by atoms with Crippen molar-refractivity contribution in [3.05, 3.63) is 35.9 Å². The first-order chi connectivity index (χ1) is 9.72. The quantitative estimate of drug-likeness (QED) is 0.511. The van der Waals surface area contributed by atoms with Crippen molar-refractivity contribution >= 4 is 17.8 Å². The van der Waals surface area contributed by atoms with E-state index in [1.54, 1.807) is 30.3 Å². The molecule has 2 fully saturated rings. The molecule has 1 N–H and O–H groups in total. The number of fused-ring (bicyclic) bond motifs is 2. The molecule has 5 nitrogen and oxygen atoms in total. The van der Waals surface area contributed by atoms with Crippen LogP contribution in [0.5, 0.6) is 0 Å². The second-order valence-corrected chi connectivity index (χ2v) is 5.34. The summed E-state index contributed by atoms with van der Waals surface area (Å²) in [6.07, 6.45) is 3.73. The van der Waals surface area contributed by atoms with E-state index < -0.39 is 12.1 Å². The van der Waals surface area contributed by atoms with Crippen LogP contribution in [0.25, 0.3) is 0 Å². The van der Waals surface area contributed by atoms with Crippen molar-refractivity contribution in [1.29, 1.82) is 0 Å². The van der Waals surface area contributed by atoms with Gasteiger partial charge >= 0.3 is 12.1 Å². The highest BCUT2D eigenvalue weighted by atomic mass is 16.6. The Balaban J connectivity index is 1.53. The average Bonchev–Trinajstić information content (AvgIpc) is 3.08. The minimum absolute atomic E-state index is 0.343. The molecular weight excluding hydrogens is 256 g/mol. The number of ether oxygens (including phenoxy) is 1. The normalized spacial score (nSPS) is 25.7. The van der Waals surface area contributed by atoms with Gasteiger partial charge in [0.05, 0.1) is 5.56 Å². The first-order valence-corrected chi connectivity index (χ1v) is 6.86. The zero-order valence-electron chi connectivity index (χ0n) is 11.0. The van der Waals surface area contributed by atoms with E-state index in [9.17, 15) is 9.59 Å². The molecule has 0 spiro atoms. The minimum Gasteiger partial charge on any atom is -0.371 e. The number of nitrogens with one attached hydrogen (secondary N) is 1. The van der Waals surface area contributed by atoms with Crippen molar-refractivity contribution in [3.8, 4) is 0 Å². The standard InChI is InChI=1S/C15H16N2O3/c18-14(11-4-2-1-3-5-11)20-15(19)17-16-13-9-10-6-7-12(13)8-10/h1-5,10,12H,6-9H2,(H,17,19)/b16-13-. The molecule has 2 atom stereocenters. The molecule has 2 aliphatic carbocycles. The van der Waals surface area contributed by atoms with Gasteiger partial charge < -0.3 is 4.74 Å². The van der Waals surface area contributed by atoms with Crippen molar-refractivity contribution in [2.75, 3.05) is 0 Å². The average molecular weight is 272 g/mol. The van der Waals surface area contributed by atoms with Crippen molar-refractivity contribution in [1.82, 2.24) is 5.43 Å². The fraction of sp³-hybridized carbons (Fsp3) is 0.400. The van der Waals surface area contributed by atoms with Gasteiger partial charge in [-0.3, -0.25) is 0 Å². The molecule has 0 radical (unpaired) electrons. The molecule has 0 saturated heterocycles. The number of nitrogens with zero attached hydrogens (tertiary/aromatic N) is 1. The Hall–Kier alpha value is -2.17. The number of hydrogen-bond donors (Lipinski definition) is 1. The summed E-state index contributed by atoms with van der Waals surface area (Å²) in [5, 5.41) is 4.09. The molecule has 2 bridgehead atoms. The second kappa shape index (κ2) is 5.45. The molecule has 2 saturated carbocycles. The van der Waals surface area contributed by atoms with Gasteiger partial charge in [-0.15, -0.1) is 0 Å². The van der Waals surface area contributed by atoms with Crippen LogP contribution in [0.1, 0.15) is 36.0 Å². The minimum atomic E-state index is -0.825. The number of esters is 1. The van der Waals surface area contributed by atoms with E-state index in [1.165, 1.54) is 12.8 Å². The van der Waals surface area contributed by atoms with E-state index in [-0.39, 0.29) is 0 Å². The van der Waals surface area contributed by atoms with Crippen LogP contribution < -0.4 is 5.43 Å². The molecule has 1 aromatic carbocycles.